The van der Waals surface area contributed by atoms with Crippen molar-refractivity contribution in [1.82, 2.24) is 15.5 Å². The van der Waals surface area contributed by atoms with Crippen LogP contribution in [-0.2, 0) is 22.6 Å². The van der Waals surface area contributed by atoms with Crippen LogP contribution in [0.3, 0.4) is 0 Å². The number of benzene rings is 1. The molecule has 0 unspecified atom stereocenters. The molecular formula is C22H37IN4O3. The molecule has 0 spiro atoms. The lowest BCUT2D eigenvalue weighted by atomic mass is 10.1. The van der Waals surface area contributed by atoms with Crippen LogP contribution < -0.4 is 10.6 Å². The van der Waals surface area contributed by atoms with E-state index in [0.717, 1.165) is 24.4 Å². The summed E-state index contributed by atoms with van der Waals surface area (Å²) in [6, 6.07) is 8.68. The number of amides is 1. The van der Waals surface area contributed by atoms with Crippen molar-refractivity contribution in [3.8, 4) is 0 Å². The number of hydrogen-bond acceptors (Lipinski definition) is 4. The molecule has 0 atom stereocenters. The van der Waals surface area contributed by atoms with Gasteiger partial charge >= 0.3 is 6.09 Å². The molecule has 1 aliphatic heterocycles. The summed E-state index contributed by atoms with van der Waals surface area (Å²) < 4.78 is 10.9. The summed E-state index contributed by atoms with van der Waals surface area (Å²) in [7, 11) is 1.77. The molecule has 30 heavy (non-hydrogen) atoms. The first-order valence-electron chi connectivity index (χ1n) is 10.4. The number of nitrogens with zero attached hydrogens (tertiary/aromatic N) is 2. The number of piperidine rings is 1. The number of halogens is 1. The van der Waals surface area contributed by atoms with E-state index in [1.807, 2.05) is 6.92 Å². The SMILES string of the molecule is CCOC(=O)N1CCC(NC(=NC)NCc2cccc(COC(C)(C)C)c2)CC1.I. The molecule has 1 amide bonds. The van der Waals surface area contributed by atoms with Gasteiger partial charge in [-0.25, -0.2) is 4.79 Å². The summed E-state index contributed by atoms with van der Waals surface area (Å²) in [5.41, 5.74) is 2.19. The summed E-state index contributed by atoms with van der Waals surface area (Å²) in [4.78, 5) is 17.9. The lowest BCUT2D eigenvalue weighted by Gasteiger charge is -2.32. The van der Waals surface area contributed by atoms with Gasteiger partial charge in [0.1, 0.15) is 0 Å². The fourth-order valence-corrected chi connectivity index (χ4v) is 3.12. The molecule has 170 valence electrons. The lowest BCUT2D eigenvalue weighted by molar-refractivity contribution is -0.0149. The third kappa shape index (κ3) is 9.51. The van der Waals surface area contributed by atoms with Crippen LogP contribution in [0.5, 0.6) is 0 Å². The molecule has 1 fully saturated rings. The molecule has 1 aliphatic rings. The second-order valence-electron chi connectivity index (χ2n) is 8.25. The molecule has 0 radical (unpaired) electrons. The Bertz CT molecular complexity index is 683. The lowest BCUT2D eigenvalue weighted by Crippen LogP contribution is -2.49. The van der Waals surface area contributed by atoms with E-state index in [1.165, 1.54) is 5.56 Å². The maximum absolute atomic E-state index is 11.8. The summed E-state index contributed by atoms with van der Waals surface area (Å²) in [6.45, 7) is 11.1. The number of nitrogens with one attached hydrogen (secondary N) is 2. The summed E-state index contributed by atoms with van der Waals surface area (Å²) in [5.74, 6) is 0.774. The molecule has 0 aromatic heterocycles. The Hall–Kier alpha value is -1.55. The molecule has 0 saturated carbocycles. The van der Waals surface area contributed by atoms with E-state index in [4.69, 9.17) is 9.47 Å². The highest BCUT2D eigenvalue weighted by molar-refractivity contribution is 14.0. The van der Waals surface area contributed by atoms with Crippen LogP contribution in [0.25, 0.3) is 0 Å². The van der Waals surface area contributed by atoms with Gasteiger partial charge in [0.15, 0.2) is 5.96 Å². The summed E-state index contributed by atoms with van der Waals surface area (Å²) in [6.07, 6.45) is 1.53. The van der Waals surface area contributed by atoms with Crippen molar-refractivity contribution in [2.75, 3.05) is 26.7 Å². The van der Waals surface area contributed by atoms with Gasteiger partial charge in [-0.15, -0.1) is 24.0 Å². The predicted octanol–water partition coefficient (Wildman–Crippen LogP) is 3.91. The van der Waals surface area contributed by atoms with E-state index in [2.05, 4.69) is 60.7 Å². The van der Waals surface area contributed by atoms with E-state index in [1.54, 1.807) is 11.9 Å². The van der Waals surface area contributed by atoms with Gasteiger partial charge < -0.3 is 25.0 Å². The van der Waals surface area contributed by atoms with Gasteiger partial charge in [-0.05, 0) is 51.7 Å². The second kappa shape index (κ2) is 13.0. The smallest absolute Gasteiger partial charge is 0.409 e. The zero-order valence-corrected chi connectivity index (χ0v) is 21.2. The number of hydrogen-bond donors (Lipinski definition) is 2. The van der Waals surface area contributed by atoms with Gasteiger partial charge in [0.2, 0.25) is 0 Å². The van der Waals surface area contributed by atoms with Crippen LogP contribution in [0.4, 0.5) is 4.79 Å². The van der Waals surface area contributed by atoms with Crippen LogP contribution in [0.1, 0.15) is 51.7 Å². The normalized spacial score (nSPS) is 15.4. The molecule has 7 nitrogen and oxygen atoms in total. The van der Waals surface area contributed by atoms with Gasteiger partial charge in [0.05, 0.1) is 18.8 Å². The van der Waals surface area contributed by atoms with Crippen LogP contribution >= 0.6 is 24.0 Å². The van der Waals surface area contributed by atoms with Crippen molar-refractivity contribution in [2.24, 2.45) is 4.99 Å². The molecular weight excluding hydrogens is 495 g/mol. The number of carbonyl (C=O) groups is 1. The first-order chi connectivity index (χ1) is 13.8. The van der Waals surface area contributed by atoms with Crippen molar-refractivity contribution >= 4 is 36.0 Å². The van der Waals surface area contributed by atoms with E-state index in [0.29, 0.717) is 38.9 Å². The van der Waals surface area contributed by atoms with Crippen molar-refractivity contribution < 1.29 is 14.3 Å². The molecule has 2 N–H and O–H groups in total. The predicted molar refractivity (Wildman–Crippen MR) is 131 cm³/mol. The van der Waals surface area contributed by atoms with Crippen LogP contribution in [0.15, 0.2) is 29.3 Å². The van der Waals surface area contributed by atoms with Gasteiger partial charge in [0, 0.05) is 32.7 Å². The summed E-state index contributed by atoms with van der Waals surface area (Å²) >= 11 is 0. The highest BCUT2D eigenvalue weighted by Crippen LogP contribution is 2.14. The quantitative estimate of drug-likeness (QED) is 0.330. The molecule has 8 heteroatoms. The molecule has 1 aromatic carbocycles. The Morgan fingerprint density at radius 3 is 2.50 bits per heavy atom. The Balaban J connectivity index is 0.00000450. The number of likely N-dealkylation sites (tertiary alicyclic amines) is 1. The van der Waals surface area contributed by atoms with Gasteiger partial charge in [-0.1, -0.05) is 24.3 Å². The molecule has 1 aromatic rings. The van der Waals surface area contributed by atoms with Crippen LogP contribution in [-0.4, -0.2) is 55.3 Å². The number of carbonyl (C=O) groups excluding carboxylic acids is 1. The average molecular weight is 532 g/mol. The maximum Gasteiger partial charge on any atom is 0.409 e. The Morgan fingerprint density at radius 2 is 1.90 bits per heavy atom. The minimum Gasteiger partial charge on any atom is -0.450 e. The maximum atomic E-state index is 11.8. The fourth-order valence-electron chi connectivity index (χ4n) is 3.12. The van der Waals surface area contributed by atoms with E-state index >= 15 is 0 Å². The van der Waals surface area contributed by atoms with Gasteiger partial charge in [-0.2, -0.15) is 0 Å². The highest BCUT2D eigenvalue weighted by atomic mass is 127. The minimum atomic E-state index is -0.219. The monoisotopic (exact) mass is 532 g/mol. The first kappa shape index (κ1) is 26.5. The van der Waals surface area contributed by atoms with Crippen LogP contribution in [0.2, 0.25) is 0 Å². The molecule has 0 bridgehead atoms. The third-order valence-electron chi connectivity index (χ3n) is 4.71. The Kier molecular flexibility index (Phi) is 11.5. The Morgan fingerprint density at radius 1 is 1.23 bits per heavy atom. The van der Waals surface area contributed by atoms with Crippen molar-refractivity contribution in [2.45, 2.75) is 65.3 Å². The molecule has 1 saturated heterocycles. The van der Waals surface area contributed by atoms with Gasteiger partial charge in [0.25, 0.3) is 0 Å². The minimum absolute atomic E-state index is 0. The van der Waals surface area contributed by atoms with Crippen LogP contribution in [0, 0.1) is 0 Å². The van der Waals surface area contributed by atoms with E-state index in [-0.39, 0.29) is 35.7 Å². The average Bonchev–Trinajstić information content (AvgIpc) is 2.70. The highest BCUT2D eigenvalue weighted by Gasteiger charge is 2.24. The number of rotatable bonds is 6. The second-order valence-corrected chi connectivity index (χ2v) is 8.25. The Labute approximate surface area is 198 Å². The molecule has 1 heterocycles. The number of aliphatic imine (C=N–C) groups is 1. The molecule has 0 aliphatic carbocycles. The third-order valence-corrected chi connectivity index (χ3v) is 4.71. The van der Waals surface area contributed by atoms with E-state index < -0.39 is 0 Å². The topological polar surface area (TPSA) is 75.2 Å². The largest absolute Gasteiger partial charge is 0.450 e. The van der Waals surface area contributed by atoms with E-state index in [9.17, 15) is 4.79 Å². The van der Waals surface area contributed by atoms with Crippen molar-refractivity contribution in [3.05, 3.63) is 35.4 Å². The standard InChI is InChI=1S/C22H36N4O3.HI/c1-6-28-21(27)26-12-10-19(11-13-26)25-20(23-5)24-15-17-8-7-9-18(14-17)16-29-22(2,3)4;/h7-9,14,19H,6,10-13,15-16H2,1-5H3,(H2,23,24,25);1H. The zero-order valence-electron chi connectivity index (χ0n) is 18.9. The zero-order chi connectivity index (χ0) is 21.3. The van der Waals surface area contributed by atoms with Gasteiger partial charge in [-0.3, -0.25) is 4.99 Å². The number of ether oxygens (including phenoxy) is 2. The van der Waals surface area contributed by atoms with Crippen molar-refractivity contribution in [1.29, 1.82) is 0 Å². The molecule has 2 rings (SSSR count). The fraction of sp³-hybridized carbons (Fsp3) is 0.636. The summed E-state index contributed by atoms with van der Waals surface area (Å²) in [5, 5.41) is 6.84. The van der Waals surface area contributed by atoms with Crippen molar-refractivity contribution in [3.63, 3.8) is 0 Å². The number of guanidine groups is 1. The first-order valence-corrected chi connectivity index (χ1v) is 10.4.